The highest BCUT2D eigenvalue weighted by Crippen LogP contribution is 2.33. The molecule has 0 aliphatic heterocycles. The maximum absolute atomic E-state index is 14.4. The molecule has 0 radical (unpaired) electrons. The summed E-state index contributed by atoms with van der Waals surface area (Å²) in [5.41, 5.74) is 5.38. The first-order valence-corrected chi connectivity index (χ1v) is 7.57. The van der Waals surface area contributed by atoms with Gasteiger partial charge in [0.05, 0.1) is 15.8 Å². The summed E-state index contributed by atoms with van der Waals surface area (Å²) in [5, 5.41) is 22.0. The molecule has 1 saturated carbocycles. The first-order valence-electron chi connectivity index (χ1n) is 6.77. The van der Waals surface area contributed by atoms with Crippen molar-refractivity contribution in [2.45, 2.75) is 31.3 Å². The molecule has 0 saturated heterocycles. The predicted octanol–water partition coefficient (Wildman–Crippen LogP) is 2.42. The molecule has 1 aromatic rings. The van der Waals surface area contributed by atoms with Gasteiger partial charge in [0.25, 0.3) is 0 Å². The number of nitrogens with zero attached hydrogens (tertiary/aromatic N) is 2. The van der Waals surface area contributed by atoms with Crippen LogP contribution in [-0.2, 0) is 0 Å². The number of likely N-dealkylation sites (N-methyl/N-ethyl adjacent to an activating group) is 1. The average Bonchev–Trinajstić information content (AvgIpc) is 2.87. The lowest BCUT2D eigenvalue weighted by molar-refractivity contribution is 0.0558. The molecule has 0 bridgehead atoms. The van der Waals surface area contributed by atoms with Crippen molar-refractivity contribution in [1.82, 2.24) is 0 Å². The van der Waals surface area contributed by atoms with Crippen LogP contribution in [0, 0.1) is 5.82 Å². The minimum absolute atomic E-state index is 0.139. The number of rotatable bonds is 4. The number of halogens is 2. The predicted molar refractivity (Wildman–Crippen MR) is 83.3 cm³/mol. The van der Waals surface area contributed by atoms with Gasteiger partial charge in [0.1, 0.15) is 0 Å². The van der Waals surface area contributed by atoms with Crippen molar-refractivity contribution >= 4 is 27.5 Å². The van der Waals surface area contributed by atoms with E-state index in [2.05, 4.69) is 21.1 Å². The summed E-state index contributed by atoms with van der Waals surface area (Å²) in [5.74, 6) is -0.660. The van der Waals surface area contributed by atoms with Crippen molar-refractivity contribution in [3.63, 3.8) is 0 Å². The van der Waals surface area contributed by atoms with Gasteiger partial charge in [-0.3, -0.25) is 0 Å². The zero-order valence-corrected chi connectivity index (χ0v) is 13.4. The topological polar surface area (TPSA) is 82.1 Å². The van der Waals surface area contributed by atoms with E-state index in [1.54, 1.807) is 24.1 Å². The molecule has 7 heteroatoms. The average molecular weight is 360 g/mol. The van der Waals surface area contributed by atoms with Gasteiger partial charge in [-0.1, -0.05) is 18.0 Å². The molecule has 116 valence electrons. The van der Waals surface area contributed by atoms with Crippen molar-refractivity contribution in [1.29, 1.82) is 0 Å². The highest BCUT2D eigenvalue weighted by Gasteiger charge is 2.33. The standard InChI is InChI=1S/C14H19BrFN3O2/c1-19(8-14(20)6-2-3-7-14)10-5-4-9(13(17)18-21)11(15)12(10)16/h4-5,20-21H,2-3,6-8H2,1H3,(H2,17,18). The molecule has 5 nitrogen and oxygen atoms in total. The third kappa shape index (κ3) is 3.29. The van der Waals surface area contributed by atoms with Crippen LogP contribution < -0.4 is 10.6 Å². The van der Waals surface area contributed by atoms with Crippen molar-refractivity contribution < 1.29 is 14.7 Å². The smallest absolute Gasteiger partial charge is 0.171 e. The molecule has 1 fully saturated rings. The van der Waals surface area contributed by atoms with Gasteiger partial charge in [-0.15, -0.1) is 0 Å². The largest absolute Gasteiger partial charge is 0.409 e. The molecule has 0 aromatic heterocycles. The molecule has 21 heavy (non-hydrogen) atoms. The van der Waals surface area contributed by atoms with Crippen LogP contribution in [0.2, 0.25) is 0 Å². The van der Waals surface area contributed by atoms with Crippen molar-refractivity contribution in [3.05, 3.63) is 28.0 Å². The summed E-state index contributed by atoms with van der Waals surface area (Å²) < 4.78 is 14.6. The first-order chi connectivity index (χ1) is 9.88. The lowest BCUT2D eigenvalue weighted by Crippen LogP contribution is -2.39. The molecule has 0 spiro atoms. The minimum Gasteiger partial charge on any atom is -0.409 e. The van der Waals surface area contributed by atoms with Gasteiger partial charge < -0.3 is 20.9 Å². The van der Waals surface area contributed by atoms with Crippen LogP contribution in [0.3, 0.4) is 0 Å². The summed E-state index contributed by atoms with van der Waals surface area (Å²) in [6, 6.07) is 3.14. The zero-order valence-electron chi connectivity index (χ0n) is 11.8. The Kier molecular flexibility index (Phi) is 4.73. The summed E-state index contributed by atoms with van der Waals surface area (Å²) >= 11 is 3.13. The van der Waals surface area contributed by atoms with Gasteiger partial charge in [0.2, 0.25) is 0 Å². The molecule has 0 amide bonds. The third-order valence-electron chi connectivity index (χ3n) is 3.92. The molecule has 0 heterocycles. The van der Waals surface area contributed by atoms with Gasteiger partial charge in [0.15, 0.2) is 11.7 Å². The Hall–Kier alpha value is -1.34. The highest BCUT2D eigenvalue weighted by molar-refractivity contribution is 9.10. The van der Waals surface area contributed by atoms with Gasteiger partial charge in [-0.2, -0.15) is 0 Å². The van der Waals surface area contributed by atoms with E-state index in [1.807, 2.05) is 0 Å². The first kappa shape index (κ1) is 16.0. The Morgan fingerprint density at radius 3 is 2.67 bits per heavy atom. The van der Waals surface area contributed by atoms with E-state index < -0.39 is 11.4 Å². The number of hydrogen-bond donors (Lipinski definition) is 3. The molecular formula is C14H19BrFN3O2. The fourth-order valence-electron chi connectivity index (χ4n) is 2.80. The minimum atomic E-state index is -0.752. The Balaban J connectivity index is 2.26. The fraction of sp³-hybridized carbons (Fsp3) is 0.500. The summed E-state index contributed by atoms with van der Waals surface area (Å²) in [6.07, 6.45) is 3.47. The van der Waals surface area contributed by atoms with Crippen molar-refractivity contribution in [2.24, 2.45) is 10.9 Å². The Morgan fingerprint density at radius 1 is 1.48 bits per heavy atom. The molecule has 4 N–H and O–H groups in total. The Morgan fingerprint density at radius 2 is 2.10 bits per heavy atom. The Labute approximate surface area is 131 Å². The second-order valence-corrected chi connectivity index (χ2v) is 6.33. The van der Waals surface area contributed by atoms with E-state index in [1.165, 1.54) is 0 Å². The maximum atomic E-state index is 14.4. The van der Waals surface area contributed by atoms with Crippen LogP contribution >= 0.6 is 15.9 Å². The SMILES string of the molecule is CN(CC1(O)CCCC1)c1ccc(/C(N)=N/O)c(Br)c1F. The van der Waals surface area contributed by atoms with E-state index in [0.717, 1.165) is 25.7 Å². The van der Waals surface area contributed by atoms with Crippen LogP contribution in [0.5, 0.6) is 0 Å². The maximum Gasteiger partial charge on any atom is 0.171 e. The zero-order chi connectivity index (χ0) is 15.6. The molecule has 2 rings (SSSR count). The second-order valence-electron chi connectivity index (χ2n) is 5.53. The van der Waals surface area contributed by atoms with Crippen LogP contribution in [0.25, 0.3) is 0 Å². The van der Waals surface area contributed by atoms with E-state index >= 15 is 0 Å². The molecule has 0 atom stereocenters. The number of hydrogen-bond acceptors (Lipinski definition) is 4. The van der Waals surface area contributed by atoms with Crippen LogP contribution in [0.4, 0.5) is 10.1 Å². The number of aliphatic hydroxyl groups is 1. The van der Waals surface area contributed by atoms with Crippen LogP contribution in [0.1, 0.15) is 31.2 Å². The van der Waals surface area contributed by atoms with Crippen molar-refractivity contribution in [2.75, 3.05) is 18.5 Å². The second kappa shape index (κ2) is 6.19. The molecular weight excluding hydrogens is 341 g/mol. The van der Waals surface area contributed by atoms with Crippen LogP contribution in [0.15, 0.2) is 21.8 Å². The molecule has 1 aliphatic carbocycles. The number of anilines is 1. The lowest BCUT2D eigenvalue weighted by atomic mass is 10.0. The van der Waals surface area contributed by atoms with E-state index in [4.69, 9.17) is 10.9 Å². The quantitative estimate of drug-likeness (QED) is 0.333. The van der Waals surface area contributed by atoms with Crippen LogP contribution in [-0.4, -0.2) is 35.3 Å². The highest BCUT2D eigenvalue weighted by atomic mass is 79.9. The van der Waals surface area contributed by atoms with Gasteiger partial charge in [-0.05, 0) is 40.9 Å². The van der Waals surface area contributed by atoms with Crippen molar-refractivity contribution in [3.8, 4) is 0 Å². The van der Waals surface area contributed by atoms with Gasteiger partial charge in [-0.25, -0.2) is 4.39 Å². The fourth-order valence-corrected chi connectivity index (χ4v) is 3.34. The normalized spacial score (nSPS) is 18.0. The number of amidine groups is 1. The lowest BCUT2D eigenvalue weighted by Gasteiger charge is -2.30. The molecule has 1 aliphatic rings. The number of benzene rings is 1. The molecule has 1 aromatic carbocycles. The number of oxime groups is 1. The third-order valence-corrected chi connectivity index (χ3v) is 4.70. The Bertz CT molecular complexity index is 559. The number of nitrogens with two attached hydrogens (primary N) is 1. The van der Waals surface area contributed by atoms with Gasteiger partial charge in [0, 0.05) is 19.2 Å². The van der Waals surface area contributed by atoms with E-state index in [-0.39, 0.29) is 15.9 Å². The van der Waals surface area contributed by atoms with Gasteiger partial charge >= 0.3 is 0 Å². The monoisotopic (exact) mass is 359 g/mol. The summed E-state index contributed by atoms with van der Waals surface area (Å²) in [7, 11) is 1.74. The van der Waals surface area contributed by atoms with E-state index in [0.29, 0.717) is 12.2 Å². The molecule has 0 unspecified atom stereocenters. The summed E-state index contributed by atoms with van der Waals surface area (Å²) in [4.78, 5) is 1.70. The summed E-state index contributed by atoms with van der Waals surface area (Å²) in [6.45, 7) is 0.374. The van der Waals surface area contributed by atoms with E-state index in [9.17, 15) is 9.50 Å².